The monoisotopic (exact) mass is 289 g/mol. The first-order valence-corrected chi connectivity index (χ1v) is 8.64. The Kier molecular flexibility index (Phi) is 6.10. The van der Waals surface area contributed by atoms with E-state index < -0.39 is 0 Å². The largest absolute Gasteiger partial charge is 0.390 e. The lowest BCUT2D eigenvalue weighted by molar-refractivity contribution is 0.247. The van der Waals surface area contributed by atoms with E-state index in [9.17, 15) is 5.11 Å². The lowest BCUT2D eigenvalue weighted by Crippen LogP contribution is -2.32. The van der Waals surface area contributed by atoms with Gasteiger partial charge in [-0.3, -0.25) is 0 Å². The molecule has 2 bridgehead atoms. The minimum Gasteiger partial charge on any atom is -0.390 e. The number of likely N-dealkylation sites (N-methyl/N-ethyl adjacent to an activating group) is 1. The molecule has 21 heavy (non-hydrogen) atoms. The van der Waals surface area contributed by atoms with Gasteiger partial charge in [-0.05, 0) is 45.4 Å². The molecule has 1 saturated carbocycles. The van der Waals surface area contributed by atoms with Gasteiger partial charge in [-0.2, -0.15) is 0 Å². The lowest BCUT2D eigenvalue weighted by atomic mass is 9.79. The number of nitrogens with zero attached hydrogens (tertiary/aromatic N) is 1. The Morgan fingerprint density at radius 1 is 1.33 bits per heavy atom. The fourth-order valence-electron chi connectivity index (χ4n) is 3.86. The van der Waals surface area contributed by atoms with E-state index >= 15 is 0 Å². The number of hydrogen-bond donors (Lipinski definition) is 1. The average Bonchev–Trinajstić information content (AvgIpc) is 2.63. The zero-order valence-electron chi connectivity index (χ0n) is 13.8. The molecule has 1 unspecified atom stereocenters. The second-order valence-electron chi connectivity index (χ2n) is 6.38. The average molecular weight is 289 g/mol. The summed E-state index contributed by atoms with van der Waals surface area (Å²) >= 11 is 0. The van der Waals surface area contributed by atoms with E-state index in [0.29, 0.717) is 5.92 Å². The summed E-state index contributed by atoms with van der Waals surface area (Å²) in [6.07, 6.45) is 11.4. The molecule has 2 aliphatic rings. The van der Waals surface area contributed by atoms with Crippen molar-refractivity contribution in [1.29, 1.82) is 0 Å². The van der Waals surface area contributed by atoms with Crippen molar-refractivity contribution >= 4 is 0 Å². The topological polar surface area (TPSA) is 23.5 Å². The van der Waals surface area contributed by atoms with E-state index in [4.69, 9.17) is 0 Å². The molecule has 2 heteroatoms. The molecule has 2 rings (SSSR count). The molecular weight excluding hydrogens is 258 g/mol. The highest BCUT2D eigenvalue weighted by Crippen LogP contribution is 2.41. The Labute approximate surface area is 130 Å². The molecule has 1 atom stereocenters. The van der Waals surface area contributed by atoms with Crippen LogP contribution in [0.1, 0.15) is 58.8 Å². The van der Waals surface area contributed by atoms with Gasteiger partial charge in [0.15, 0.2) is 0 Å². The maximum Gasteiger partial charge on any atom is 0.0823 e. The molecule has 0 aromatic carbocycles. The zero-order chi connectivity index (χ0) is 15.2. The Morgan fingerprint density at radius 2 is 2.10 bits per heavy atom. The highest BCUT2D eigenvalue weighted by Gasteiger charge is 2.28. The van der Waals surface area contributed by atoms with Gasteiger partial charge in [-0.25, -0.2) is 0 Å². The molecular formula is C19H31NO. The van der Waals surface area contributed by atoms with E-state index in [2.05, 4.69) is 31.4 Å². The normalized spacial score (nSPS) is 21.9. The standard InChI is InChI=1S/C19H31NO/c1-4-8-16-11-12-17-9-6-7-10-18(16)19(17)13-20(5-2)15(3)14-21/h12,19,21H,3-11,13-14H2,1-2H3. The van der Waals surface area contributed by atoms with Crippen molar-refractivity contribution in [3.8, 4) is 0 Å². The summed E-state index contributed by atoms with van der Waals surface area (Å²) in [6.45, 7) is 10.5. The van der Waals surface area contributed by atoms with Gasteiger partial charge in [0.2, 0.25) is 0 Å². The van der Waals surface area contributed by atoms with Crippen LogP contribution >= 0.6 is 0 Å². The first-order chi connectivity index (χ1) is 10.2. The highest BCUT2D eigenvalue weighted by molar-refractivity contribution is 5.35. The predicted molar refractivity (Wildman–Crippen MR) is 90.1 cm³/mol. The fourth-order valence-corrected chi connectivity index (χ4v) is 3.86. The molecule has 0 amide bonds. The quantitative estimate of drug-likeness (QED) is 0.701. The van der Waals surface area contributed by atoms with Crippen LogP contribution in [0.5, 0.6) is 0 Å². The number of aliphatic hydroxyl groups excluding tert-OH is 1. The van der Waals surface area contributed by atoms with Gasteiger partial charge in [-0.15, -0.1) is 0 Å². The molecule has 0 saturated heterocycles. The van der Waals surface area contributed by atoms with Gasteiger partial charge < -0.3 is 10.0 Å². The van der Waals surface area contributed by atoms with Gasteiger partial charge in [0.1, 0.15) is 0 Å². The summed E-state index contributed by atoms with van der Waals surface area (Å²) in [7, 11) is 0. The van der Waals surface area contributed by atoms with Gasteiger partial charge in [0.25, 0.3) is 0 Å². The van der Waals surface area contributed by atoms with Crippen molar-refractivity contribution in [3.05, 3.63) is 35.1 Å². The smallest absolute Gasteiger partial charge is 0.0823 e. The molecule has 1 N–H and O–H groups in total. The molecule has 1 fully saturated rings. The minimum atomic E-state index is 0.0699. The van der Waals surface area contributed by atoms with Crippen molar-refractivity contribution in [3.63, 3.8) is 0 Å². The van der Waals surface area contributed by atoms with Gasteiger partial charge >= 0.3 is 0 Å². The first-order valence-electron chi connectivity index (χ1n) is 8.64. The first kappa shape index (κ1) is 16.4. The molecule has 0 aromatic rings. The fraction of sp³-hybridized carbons (Fsp3) is 0.684. The predicted octanol–water partition coefficient (Wildman–Crippen LogP) is 4.43. The lowest BCUT2D eigenvalue weighted by Gasteiger charge is -2.34. The minimum absolute atomic E-state index is 0.0699. The molecule has 2 aliphatic carbocycles. The molecule has 0 spiro atoms. The molecule has 0 aromatic heterocycles. The highest BCUT2D eigenvalue weighted by atomic mass is 16.3. The summed E-state index contributed by atoms with van der Waals surface area (Å²) < 4.78 is 0. The molecule has 0 aliphatic heterocycles. The third-order valence-electron chi connectivity index (χ3n) is 5.06. The Hall–Kier alpha value is -1.02. The van der Waals surface area contributed by atoms with Crippen molar-refractivity contribution in [2.75, 3.05) is 19.7 Å². The number of fused-ring (bicyclic) bond motifs is 2. The summed E-state index contributed by atoms with van der Waals surface area (Å²) in [5, 5.41) is 9.39. The van der Waals surface area contributed by atoms with Crippen LogP contribution in [-0.2, 0) is 0 Å². The van der Waals surface area contributed by atoms with Crippen LogP contribution < -0.4 is 0 Å². The van der Waals surface area contributed by atoms with Crippen molar-refractivity contribution < 1.29 is 5.11 Å². The van der Waals surface area contributed by atoms with Crippen LogP contribution in [0.3, 0.4) is 0 Å². The van der Waals surface area contributed by atoms with E-state index in [1.165, 1.54) is 44.9 Å². The van der Waals surface area contributed by atoms with Crippen LogP contribution in [0.25, 0.3) is 0 Å². The van der Waals surface area contributed by atoms with Crippen LogP contribution in [-0.4, -0.2) is 29.7 Å². The van der Waals surface area contributed by atoms with E-state index in [0.717, 1.165) is 18.8 Å². The number of rotatable bonds is 7. The summed E-state index contributed by atoms with van der Waals surface area (Å²) in [5.74, 6) is 0.575. The molecule has 0 heterocycles. The van der Waals surface area contributed by atoms with Crippen LogP contribution in [0.2, 0.25) is 0 Å². The Balaban J connectivity index is 2.23. The van der Waals surface area contributed by atoms with E-state index in [1.807, 2.05) is 0 Å². The SMILES string of the molecule is C=C(CO)N(CC)CC1C2=CCC(CCC)=C1CCCC2. The van der Waals surface area contributed by atoms with Gasteiger partial charge in [0.05, 0.1) is 6.61 Å². The summed E-state index contributed by atoms with van der Waals surface area (Å²) in [4.78, 5) is 2.26. The summed E-state index contributed by atoms with van der Waals surface area (Å²) in [5.41, 5.74) is 5.92. The maximum absolute atomic E-state index is 9.39. The van der Waals surface area contributed by atoms with Gasteiger partial charge in [0, 0.05) is 24.7 Å². The van der Waals surface area contributed by atoms with Crippen molar-refractivity contribution in [1.82, 2.24) is 4.90 Å². The van der Waals surface area contributed by atoms with Gasteiger partial charge in [-0.1, -0.05) is 42.7 Å². The maximum atomic E-state index is 9.39. The van der Waals surface area contributed by atoms with Crippen LogP contribution in [0.4, 0.5) is 0 Å². The third-order valence-corrected chi connectivity index (χ3v) is 5.06. The summed E-state index contributed by atoms with van der Waals surface area (Å²) in [6, 6.07) is 0. The van der Waals surface area contributed by atoms with Crippen molar-refractivity contribution in [2.24, 2.45) is 5.92 Å². The number of hydrogen-bond acceptors (Lipinski definition) is 2. The Bertz CT molecular complexity index is 433. The number of aliphatic hydroxyl groups is 1. The zero-order valence-corrected chi connectivity index (χ0v) is 13.8. The molecule has 0 radical (unpaired) electrons. The third kappa shape index (κ3) is 3.79. The second-order valence-corrected chi connectivity index (χ2v) is 6.38. The number of allylic oxidation sites excluding steroid dienone is 2. The van der Waals surface area contributed by atoms with Crippen LogP contribution in [0, 0.1) is 5.92 Å². The van der Waals surface area contributed by atoms with Crippen molar-refractivity contribution in [2.45, 2.75) is 58.8 Å². The van der Waals surface area contributed by atoms with E-state index in [-0.39, 0.29) is 6.61 Å². The van der Waals surface area contributed by atoms with E-state index in [1.54, 1.807) is 16.7 Å². The molecule has 2 nitrogen and oxygen atoms in total. The second kappa shape index (κ2) is 7.84. The van der Waals surface area contributed by atoms with Crippen LogP contribution in [0.15, 0.2) is 35.1 Å². The molecule has 118 valence electrons. The Morgan fingerprint density at radius 3 is 2.76 bits per heavy atom.